The highest BCUT2D eigenvalue weighted by Crippen LogP contribution is 2.13. The maximum atomic E-state index is 11.6. The summed E-state index contributed by atoms with van der Waals surface area (Å²) in [6.07, 6.45) is 0.182. The number of aliphatic carboxylic acids is 1. The molecule has 0 saturated heterocycles. The first-order valence-corrected chi connectivity index (χ1v) is 5.69. The van der Waals surface area contributed by atoms with E-state index in [1.54, 1.807) is 13.0 Å². The SMILES string of the molecule is CC[C@@H](NC(=O)Cc1cccc([N+](=O)[O-])c1)C(=O)O. The van der Waals surface area contributed by atoms with Gasteiger partial charge in [-0.25, -0.2) is 4.79 Å². The summed E-state index contributed by atoms with van der Waals surface area (Å²) in [7, 11) is 0. The fourth-order valence-corrected chi connectivity index (χ4v) is 1.55. The molecule has 102 valence electrons. The van der Waals surface area contributed by atoms with Crippen molar-refractivity contribution in [3.05, 3.63) is 39.9 Å². The van der Waals surface area contributed by atoms with E-state index in [0.717, 1.165) is 0 Å². The molecule has 7 nitrogen and oxygen atoms in total. The highest BCUT2D eigenvalue weighted by molar-refractivity contribution is 5.84. The average molecular weight is 266 g/mol. The molecule has 0 bridgehead atoms. The highest BCUT2D eigenvalue weighted by atomic mass is 16.6. The van der Waals surface area contributed by atoms with Gasteiger partial charge in [0.2, 0.25) is 5.91 Å². The van der Waals surface area contributed by atoms with E-state index in [9.17, 15) is 19.7 Å². The predicted octanol–water partition coefficient (Wildman–Crippen LogP) is 1.12. The summed E-state index contributed by atoms with van der Waals surface area (Å²) in [4.78, 5) is 32.4. The molecule has 0 aliphatic heterocycles. The normalized spacial score (nSPS) is 11.6. The summed E-state index contributed by atoms with van der Waals surface area (Å²) in [6.45, 7) is 1.65. The van der Waals surface area contributed by atoms with Crippen molar-refractivity contribution in [2.45, 2.75) is 25.8 Å². The minimum Gasteiger partial charge on any atom is -0.480 e. The van der Waals surface area contributed by atoms with Crippen LogP contribution in [0, 0.1) is 10.1 Å². The van der Waals surface area contributed by atoms with Gasteiger partial charge in [-0.3, -0.25) is 14.9 Å². The number of nitro groups is 1. The molecule has 1 aromatic carbocycles. The molecular formula is C12H14N2O5. The van der Waals surface area contributed by atoms with Gasteiger partial charge in [-0.15, -0.1) is 0 Å². The number of nitro benzene ring substituents is 1. The topological polar surface area (TPSA) is 110 Å². The standard InChI is InChI=1S/C12H14N2O5/c1-2-10(12(16)17)13-11(15)7-8-4-3-5-9(6-8)14(18)19/h3-6,10H,2,7H2,1H3,(H,13,15)(H,16,17)/t10-/m1/s1. The first-order valence-electron chi connectivity index (χ1n) is 5.69. The van der Waals surface area contributed by atoms with Gasteiger partial charge < -0.3 is 10.4 Å². The van der Waals surface area contributed by atoms with Crippen LogP contribution in [0.4, 0.5) is 5.69 Å². The molecule has 0 unspecified atom stereocenters. The van der Waals surface area contributed by atoms with Crippen LogP contribution in [0.2, 0.25) is 0 Å². The van der Waals surface area contributed by atoms with Crippen molar-refractivity contribution < 1.29 is 19.6 Å². The smallest absolute Gasteiger partial charge is 0.326 e. The molecule has 0 saturated carbocycles. The van der Waals surface area contributed by atoms with Gasteiger partial charge in [-0.1, -0.05) is 19.1 Å². The van der Waals surface area contributed by atoms with Gasteiger partial charge >= 0.3 is 5.97 Å². The predicted molar refractivity (Wildman–Crippen MR) is 66.7 cm³/mol. The Morgan fingerprint density at radius 3 is 2.68 bits per heavy atom. The number of carbonyl (C=O) groups excluding carboxylic acids is 1. The molecule has 0 aliphatic carbocycles. The zero-order chi connectivity index (χ0) is 14.4. The Bertz CT molecular complexity index is 501. The number of amides is 1. The Balaban J connectivity index is 2.69. The Kier molecular flexibility index (Phi) is 4.99. The third-order valence-electron chi connectivity index (χ3n) is 2.53. The number of nitrogens with one attached hydrogen (secondary N) is 1. The average Bonchev–Trinajstić information content (AvgIpc) is 2.35. The number of rotatable bonds is 6. The van der Waals surface area contributed by atoms with Crippen LogP contribution < -0.4 is 5.32 Å². The van der Waals surface area contributed by atoms with Crippen molar-refractivity contribution in [1.29, 1.82) is 0 Å². The Morgan fingerprint density at radius 2 is 2.16 bits per heavy atom. The van der Waals surface area contributed by atoms with E-state index in [4.69, 9.17) is 5.11 Å². The van der Waals surface area contributed by atoms with Crippen molar-refractivity contribution in [2.24, 2.45) is 0 Å². The summed E-state index contributed by atoms with van der Waals surface area (Å²) in [6, 6.07) is 4.74. The largest absolute Gasteiger partial charge is 0.480 e. The van der Waals surface area contributed by atoms with Crippen LogP contribution in [-0.4, -0.2) is 27.9 Å². The van der Waals surface area contributed by atoms with Crippen molar-refractivity contribution in [2.75, 3.05) is 0 Å². The van der Waals surface area contributed by atoms with Crippen LogP contribution in [0.5, 0.6) is 0 Å². The molecule has 2 N–H and O–H groups in total. The van der Waals surface area contributed by atoms with E-state index in [-0.39, 0.29) is 18.5 Å². The highest BCUT2D eigenvalue weighted by Gasteiger charge is 2.18. The molecule has 7 heteroatoms. The number of carboxylic acids is 1. The van der Waals surface area contributed by atoms with E-state index >= 15 is 0 Å². The third-order valence-corrected chi connectivity index (χ3v) is 2.53. The zero-order valence-corrected chi connectivity index (χ0v) is 10.3. The van der Waals surface area contributed by atoms with Crippen LogP contribution in [-0.2, 0) is 16.0 Å². The maximum Gasteiger partial charge on any atom is 0.326 e. The van der Waals surface area contributed by atoms with Crippen LogP contribution in [0.1, 0.15) is 18.9 Å². The minimum atomic E-state index is -1.10. The minimum absolute atomic E-state index is 0.0918. The summed E-state index contributed by atoms with van der Waals surface area (Å²) in [5, 5.41) is 21.7. The van der Waals surface area contributed by atoms with Gasteiger partial charge in [0.15, 0.2) is 0 Å². The second-order valence-corrected chi connectivity index (χ2v) is 3.97. The molecule has 0 aliphatic rings. The fraction of sp³-hybridized carbons (Fsp3) is 0.333. The number of carbonyl (C=O) groups is 2. The molecule has 1 amide bonds. The van der Waals surface area contributed by atoms with Gasteiger partial charge in [0.25, 0.3) is 5.69 Å². The number of carboxylic acid groups (broad SMARTS) is 1. The molecule has 1 rings (SSSR count). The molecule has 1 aromatic rings. The quantitative estimate of drug-likeness (QED) is 0.592. The van der Waals surface area contributed by atoms with Crippen LogP contribution in [0.15, 0.2) is 24.3 Å². The number of non-ortho nitro benzene ring substituents is 1. The second-order valence-electron chi connectivity index (χ2n) is 3.97. The lowest BCUT2D eigenvalue weighted by molar-refractivity contribution is -0.384. The van der Waals surface area contributed by atoms with Gasteiger partial charge in [0.05, 0.1) is 11.3 Å². The van der Waals surface area contributed by atoms with Crippen molar-refractivity contribution in [3.8, 4) is 0 Å². The van der Waals surface area contributed by atoms with Crippen molar-refractivity contribution in [3.63, 3.8) is 0 Å². The number of hydrogen-bond acceptors (Lipinski definition) is 4. The monoisotopic (exact) mass is 266 g/mol. The Labute approximate surface area is 109 Å². The Morgan fingerprint density at radius 1 is 1.47 bits per heavy atom. The van der Waals surface area contributed by atoms with E-state index in [0.29, 0.717) is 5.56 Å². The molecule has 0 aromatic heterocycles. The van der Waals surface area contributed by atoms with Crippen molar-refractivity contribution in [1.82, 2.24) is 5.32 Å². The van der Waals surface area contributed by atoms with Gasteiger partial charge in [-0.2, -0.15) is 0 Å². The molecule has 0 fully saturated rings. The van der Waals surface area contributed by atoms with Gasteiger partial charge in [0.1, 0.15) is 6.04 Å². The molecule has 1 atom stereocenters. The second kappa shape index (κ2) is 6.48. The molecule has 19 heavy (non-hydrogen) atoms. The summed E-state index contributed by atoms with van der Waals surface area (Å²) >= 11 is 0. The van der Waals surface area contributed by atoms with Gasteiger partial charge in [-0.05, 0) is 12.0 Å². The van der Waals surface area contributed by atoms with E-state index in [1.807, 2.05) is 0 Å². The maximum absolute atomic E-state index is 11.6. The third kappa shape index (κ3) is 4.38. The fourth-order valence-electron chi connectivity index (χ4n) is 1.55. The lowest BCUT2D eigenvalue weighted by atomic mass is 10.1. The Hall–Kier alpha value is -2.44. The molecular weight excluding hydrogens is 252 g/mol. The van der Waals surface area contributed by atoms with Crippen LogP contribution >= 0.6 is 0 Å². The number of nitrogens with zero attached hydrogens (tertiary/aromatic N) is 1. The first-order chi connectivity index (χ1) is 8.93. The van der Waals surface area contributed by atoms with E-state index in [2.05, 4.69) is 5.32 Å². The first kappa shape index (κ1) is 14.6. The number of benzene rings is 1. The molecule has 0 heterocycles. The van der Waals surface area contributed by atoms with E-state index < -0.39 is 22.8 Å². The van der Waals surface area contributed by atoms with Crippen LogP contribution in [0.25, 0.3) is 0 Å². The summed E-state index contributed by atoms with van der Waals surface area (Å²) in [5.41, 5.74) is 0.363. The van der Waals surface area contributed by atoms with Gasteiger partial charge in [0, 0.05) is 12.1 Å². The lowest BCUT2D eigenvalue weighted by Crippen LogP contribution is -2.40. The summed E-state index contributed by atoms with van der Waals surface area (Å²) < 4.78 is 0. The lowest BCUT2D eigenvalue weighted by Gasteiger charge is -2.12. The molecule has 0 spiro atoms. The molecule has 0 radical (unpaired) electrons. The van der Waals surface area contributed by atoms with E-state index in [1.165, 1.54) is 18.2 Å². The van der Waals surface area contributed by atoms with Crippen LogP contribution in [0.3, 0.4) is 0 Å². The van der Waals surface area contributed by atoms with Crippen molar-refractivity contribution >= 4 is 17.6 Å². The number of hydrogen-bond donors (Lipinski definition) is 2. The summed E-state index contributed by atoms with van der Waals surface area (Å²) in [5.74, 6) is -1.58. The zero-order valence-electron chi connectivity index (χ0n) is 10.3.